The number of hydrogen-bond donors (Lipinski definition) is 1. The lowest BCUT2D eigenvalue weighted by Gasteiger charge is -2.27. The zero-order chi connectivity index (χ0) is 14.7. The number of rotatable bonds is 4. The molecule has 1 aromatic rings. The maximum Gasteiger partial charge on any atom is 0.327 e. The van der Waals surface area contributed by atoms with Crippen molar-refractivity contribution in [1.82, 2.24) is 4.90 Å². The maximum atomic E-state index is 13.7. The number of amides is 1. The van der Waals surface area contributed by atoms with Crippen LogP contribution in [0.5, 0.6) is 0 Å². The van der Waals surface area contributed by atoms with Crippen molar-refractivity contribution in [2.24, 2.45) is 0 Å². The molecular weight excluding hydrogens is 281 g/mol. The van der Waals surface area contributed by atoms with E-state index in [1.807, 2.05) is 6.92 Å². The number of carboxylic acid groups (broad SMARTS) is 1. The first kappa shape index (κ1) is 14.8. The Morgan fingerprint density at radius 3 is 2.75 bits per heavy atom. The predicted octanol–water partition coefficient (Wildman–Crippen LogP) is 2.59. The van der Waals surface area contributed by atoms with Gasteiger partial charge in [0.2, 0.25) is 0 Å². The Morgan fingerprint density at radius 1 is 1.45 bits per heavy atom. The first-order chi connectivity index (χ1) is 9.56. The molecule has 1 fully saturated rings. The molecule has 0 aromatic heterocycles. The second-order valence-corrected chi connectivity index (χ2v) is 5.83. The lowest BCUT2D eigenvalue weighted by Crippen LogP contribution is -2.45. The molecule has 0 spiro atoms. The lowest BCUT2D eigenvalue weighted by molar-refractivity contribution is -0.141. The summed E-state index contributed by atoms with van der Waals surface area (Å²) in [6, 6.07) is 4.79. The summed E-state index contributed by atoms with van der Waals surface area (Å²) in [5, 5.41) is 9.03. The van der Waals surface area contributed by atoms with Gasteiger partial charge in [-0.2, -0.15) is 0 Å². The number of aliphatic carboxylic acids is 1. The minimum atomic E-state index is -1.04. The van der Waals surface area contributed by atoms with Crippen LogP contribution in [0.15, 0.2) is 24.3 Å². The van der Waals surface area contributed by atoms with E-state index in [9.17, 15) is 19.1 Å². The molecule has 2 atom stereocenters. The Balaban J connectivity index is 2.32. The van der Waals surface area contributed by atoms with Crippen LogP contribution < -0.4 is 0 Å². The van der Waals surface area contributed by atoms with Gasteiger partial charge in [-0.05, 0) is 18.6 Å². The third kappa shape index (κ3) is 2.80. The Bertz CT molecular complexity index is 523. The summed E-state index contributed by atoms with van der Waals surface area (Å²) >= 11 is 1.44. The van der Waals surface area contributed by atoms with Gasteiger partial charge in [0.05, 0.1) is 10.9 Å². The molecule has 1 N–H and O–H groups in total. The quantitative estimate of drug-likeness (QED) is 0.928. The molecule has 1 aromatic carbocycles. The van der Waals surface area contributed by atoms with Gasteiger partial charge in [-0.25, -0.2) is 9.18 Å². The van der Waals surface area contributed by atoms with Crippen molar-refractivity contribution in [3.05, 3.63) is 35.6 Å². The van der Waals surface area contributed by atoms with Crippen LogP contribution in [-0.2, 0) is 4.79 Å². The summed E-state index contributed by atoms with van der Waals surface area (Å²) in [5.41, 5.74) is -0.0673. The molecule has 20 heavy (non-hydrogen) atoms. The number of carbonyl (C=O) groups is 2. The highest BCUT2D eigenvalue weighted by molar-refractivity contribution is 8.00. The van der Waals surface area contributed by atoms with E-state index >= 15 is 0 Å². The fourth-order valence-corrected chi connectivity index (χ4v) is 3.78. The van der Waals surface area contributed by atoms with Crippen molar-refractivity contribution in [3.8, 4) is 0 Å². The molecule has 0 bridgehead atoms. The van der Waals surface area contributed by atoms with Crippen molar-refractivity contribution >= 4 is 23.6 Å². The van der Waals surface area contributed by atoms with E-state index in [0.717, 1.165) is 6.42 Å². The summed E-state index contributed by atoms with van der Waals surface area (Å²) in [6.07, 6.45) is 1.54. The molecule has 4 nitrogen and oxygen atoms in total. The SMILES string of the molecule is CCC[C@H]1SC[C@H](C(=O)O)N1C(=O)c1ccccc1F. The molecule has 2 rings (SSSR count). The van der Waals surface area contributed by atoms with Gasteiger partial charge < -0.3 is 10.0 Å². The van der Waals surface area contributed by atoms with E-state index < -0.39 is 23.7 Å². The molecule has 1 heterocycles. The van der Waals surface area contributed by atoms with E-state index in [4.69, 9.17) is 0 Å². The van der Waals surface area contributed by atoms with Crippen LogP contribution >= 0.6 is 11.8 Å². The summed E-state index contributed by atoms with van der Waals surface area (Å²) in [4.78, 5) is 25.1. The Kier molecular flexibility index (Phi) is 4.65. The highest BCUT2D eigenvalue weighted by atomic mass is 32.2. The molecule has 6 heteroatoms. The molecule has 1 saturated heterocycles. The summed E-state index contributed by atoms with van der Waals surface area (Å²) in [7, 11) is 0. The number of benzene rings is 1. The van der Waals surface area contributed by atoms with Crippen LogP contribution in [-0.4, -0.2) is 39.1 Å². The van der Waals surface area contributed by atoms with Gasteiger partial charge in [0.15, 0.2) is 0 Å². The van der Waals surface area contributed by atoms with Crippen LogP contribution in [0.4, 0.5) is 4.39 Å². The predicted molar refractivity (Wildman–Crippen MR) is 75.1 cm³/mol. The van der Waals surface area contributed by atoms with E-state index in [1.54, 1.807) is 6.07 Å². The van der Waals surface area contributed by atoms with Gasteiger partial charge in [0.25, 0.3) is 5.91 Å². The maximum absolute atomic E-state index is 13.7. The molecule has 0 radical (unpaired) electrons. The van der Waals surface area contributed by atoms with Crippen molar-refractivity contribution in [2.45, 2.75) is 31.2 Å². The minimum absolute atomic E-state index is 0.0673. The lowest BCUT2D eigenvalue weighted by atomic mass is 10.1. The van der Waals surface area contributed by atoms with Gasteiger partial charge in [-0.3, -0.25) is 4.79 Å². The standard InChI is InChI=1S/C14H16FNO3S/c1-2-5-12-16(11(8-20-12)14(18)19)13(17)9-6-3-4-7-10(9)15/h3-4,6-7,11-12H,2,5,8H2,1H3,(H,18,19)/t11-,12-/m1/s1. The van der Waals surface area contributed by atoms with Crippen LogP contribution in [0.3, 0.4) is 0 Å². The van der Waals surface area contributed by atoms with Gasteiger partial charge in [0.1, 0.15) is 11.9 Å². The minimum Gasteiger partial charge on any atom is -0.480 e. The summed E-state index contributed by atoms with van der Waals surface area (Å²) in [5.74, 6) is -1.85. The summed E-state index contributed by atoms with van der Waals surface area (Å²) < 4.78 is 13.7. The second-order valence-electron chi connectivity index (χ2n) is 4.62. The largest absolute Gasteiger partial charge is 0.480 e. The van der Waals surface area contributed by atoms with Crippen LogP contribution in [0.2, 0.25) is 0 Å². The summed E-state index contributed by atoms with van der Waals surface area (Å²) in [6.45, 7) is 1.97. The zero-order valence-electron chi connectivity index (χ0n) is 11.1. The van der Waals surface area contributed by atoms with Crippen molar-refractivity contribution in [3.63, 3.8) is 0 Å². The van der Waals surface area contributed by atoms with E-state index in [1.165, 1.54) is 34.9 Å². The highest BCUT2D eigenvalue weighted by Crippen LogP contribution is 2.33. The number of hydrogen-bond acceptors (Lipinski definition) is 3. The number of halogens is 1. The molecule has 108 valence electrons. The molecule has 0 unspecified atom stereocenters. The number of carbonyl (C=O) groups excluding carboxylic acids is 1. The van der Waals surface area contributed by atoms with Gasteiger partial charge in [-0.1, -0.05) is 25.5 Å². The van der Waals surface area contributed by atoms with E-state index in [-0.39, 0.29) is 10.9 Å². The molecule has 0 saturated carbocycles. The first-order valence-corrected chi connectivity index (χ1v) is 7.52. The molecular formula is C14H16FNO3S. The fourth-order valence-electron chi connectivity index (χ4n) is 2.27. The third-order valence-corrected chi connectivity index (χ3v) is 4.61. The Morgan fingerprint density at radius 2 is 2.15 bits per heavy atom. The first-order valence-electron chi connectivity index (χ1n) is 6.47. The zero-order valence-corrected chi connectivity index (χ0v) is 11.9. The topological polar surface area (TPSA) is 57.6 Å². The number of carboxylic acids is 1. The number of nitrogens with zero attached hydrogens (tertiary/aromatic N) is 1. The Labute approximate surface area is 121 Å². The van der Waals surface area contributed by atoms with E-state index in [0.29, 0.717) is 12.2 Å². The molecule has 1 aliphatic rings. The highest BCUT2D eigenvalue weighted by Gasteiger charge is 2.41. The Hall–Kier alpha value is -1.56. The molecule has 1 aliphatic heterocycles. The van der Waals surface area contributed by atoms with Crippen molar-refractivity contribution in [2.75, 3.05) is 5.75 Å². The van der Waals surface area contributed by atoms with E-state index in [2.05, 4.69) is 0 Å². The third-order valence-electron chi connectivity index (χ3n) is 3.25. The number of thioether (sulfide) groups is 1. The van der Waals surface area contributed by atoms with Crippen LogP contribution in [0.1, 0.15) is 30.1 Å². The fraction of sp³-hybridized carbons (Fsp3) is 0.429. The second kappa shape index (κ2) is 6.26. The smallest absolute Gasteiger partial charge is 0.327 e. The van der Waals surface area contributed by atoms with Crippen LogP contribution in [0.25, 0.3) is 0 Å². The van der Waals surface area contributed by atoms with Crippen molar-refractivity contribution < 1.29 is 19.1 Å². The van der Waals surface area contributed by atoms with Crippen LogP contribution in [0, 0.1) is 5.82 Å². The average Bonchev–Trinajstić information content (AvgIpc) is 2.83. The van der Waals surface area contributed by atoms with Gasteiger partial charge >= 0.3 is 5.97 Å². The monoisotopic (exact) mass is 297 g/mol. The van der Waals surface area contributed by atoms with Crippen molar-refractivity contribution in [1.29, 1.82) is 0 Å². The molecule has 1 amide bonds. The molecule has 0 aliphatic carbocycles. The van der Waals surface area contributed by atoms with Gasteiger partial charge in [-0.15, -0.1) is 11.8 Å². The normalized spacial score (nSPS) is 22.0. The average molecular weight is 297 g/mol. The van der Waals surface area contributed by atoms with Gasteiger partial charge in [0, 0.05) is 5.75 Å².